The maximum atomic E-state index is 13.2. The largest absolute Gasteiger partial charge is 0.297 e. The maximum absolute atomic E-state index is 13.2. The first-order valence-electron chi connectivity index (χ1n) is 9.27. The van der Waals surface area contributed by atoms with Crippen LogP contribution in [0.15, 0.2) is 71.9 Å². The molecule has 5 rings (SSSR count). The van der Waals surface area contributed by atoms with Gasteiger partial charge in [-0.15, -0.1) is 0 Å². The van der Waals surface area contributed by atoms with E-state index in [0.29, 0.717) is 18.0 Å². The van der Waals surface area contributed by atoms with Gasteiger partial charge in [-0.25, -0.2) is 12.8 Å². The quantitative estimate of drug-likeness (QED) is 0.681. The zero-order valence-electron chi connectivity index (χ0n) is 15.1. The van der Waals surface area contributed by atoms with Crippen molar-refractivity contribution >= 4 is 9.84 Å². The molecule has 0 unspecified atom stereocenters. The fraction of sp³-hybridized carbons (Fsp3) is 0.227. The average Bonchev–Trinajstić information content (AvgIpc) is 3.21. The van der Waals surface area contributed by atoms with Crippen molar-refractivity contribution in [3.05, 3.63) is 83.9 Å². The lowest BCUT2D eigenvalue weighted by atomic mass is 9.94. The molecule has 6 heteroatoms. The second-order valence-electron chi connectivity index (χ2n) is 7.50. The van der Waals surface area contributed by atoms with E-state index in [-0.39, 0.29) is 11.7 Å². The standard InChI is InChI=1S/C22H19FN2O2S/c23-18-4-1-16(2-5-18)17-3-6-21-19(11-17)20-13-25(14-22(20)28(21,26)27)12-15-7-9-24-10-8-15/h1-11,20,22H,12-14H2/t20-,22+/m0/s1. The average molecular weight is 394 g/mol. The summed E-state index contributed by atoms with van der Waals surface area (Å²) >= 11 is 0. The molecule has 4 nitrogen and oxygen atoms in total. The van der Waals surface area contributed by atoms with Crippen LogP contribution in [0.5, 0.6) is 0 Å². The van der Waals surface area contributed by atoms with Gasteiger partial charge in [0.15, 0.2) is 9.84 Å². The molecule has 0 bridgehead atoms. The lowest BCUT2D eigenvalue weighted by Crippen LogP contribution is -2.25. The normalized spacial score (nSPS) is 22.8. The van der Waals surface area contributed by atoms with E-state index in [1.165, 1.54) is 12.1 Å². The second kappa shape index (κ2) is 6.50. The summed E-state index contributed by atoms with van der Waals surface area (Å²) in [7, 11) is -3.33. The van der Waals surface area contributed by atoms with Crippen LogP contribution in [-0.2, 0) is 16.4 Å². The molecule has 1 aromatic heterocycles. The Bertz CT molecular complexity index is 1130. The number of hydrogen-bond acceptors (Lipinski definition) is 4. The van der Waals surface area contributed by atoms with Crippen LogP contribution in [0.3, 0.4) is 0 Å². The first-order valence-corrected chi connectivity index (χ1v) is 10.8. The molecule has 0 radical (unpaired) electrons. The number of aromatic nitrogens is 1. The van der Waals surface area contributed by atoms with Crippen LogP contribution in [-0.4, -0.2) is 36.6 Å². The van der Waals surface area contributed by atoms with Gasteiger partial charge in [-0.2, -0.15) is 0 Å². The minimum atomic E-state index is -3.33. The summed E-state index contributed by atoms with van der Waals surface area (Å²) in [6, 6.07) is 15.7. The number of benzene rings is 2. The minimum Gasteiger partial charge on any atom is -0.297 e. The van der Waals surface area contributed by atoms with Crippen LogP contribution in [0, 0.1) is 5.82 Å². The Morgan fingerprint density at radius 3 is 2.43 bits per heavy atom. The van der Waals surface area contributed by atoms with E-state index in [4.69, 9.17) is 0 Å². The van der Waals surface area contributed by atoms with Crippen molar-refractivity contribution in [3.8, 4) is 11.1 Å². The first kappa shape index (κ1) is 17.5. The Morgan fingerprint density at radius 2 is 1.68 bits per heavy atom. The molecule has 0 N–H and O–H groups in total. The van der Waals surface area contributed by atoms with Gasteiger partial charge in [-0.1, -0.05) is 18.2 Å². The van der Waals surface area contributed by atoms with Crippen LogP contribution >= 0.6 is 0 Å². The smallest absolute Gasteiger partial charge is 0.183 e. The molecule has 28 heavy (non-hydrogen) atoms. The highest BCUT2D eigenvalue weighted by molar-refractivity contribution is 7.92. The topological polar surface area (TPSA) is 50.3 Å². The van der Waals surface area contributed by atoms with E-state index in [9.17, 15) is 12.8 Å². The van der Waals surface area contributed by atoms with E-state index < -0.39 is 15.1 Å². The highest BCUT2D eigenvalue weighted by Gasteiger charge is 2.50. The highest BCUT2D eigenvalue weighted by Crippen LogP contribution is 2.46. The van der Waals surface area contributed by atoms with Gasteiger partial charge in [0.05, 0.1) is 10.1 Å². The Balaban J connectivity index is 1.48. The van der Waals surface area contributed by atoms with Crippen molar-refractivity contribution in [2.45, 2.75) is 22.6 Å². The van der Waals surface area contributed by atoms with Crippen molar-refractivity contribution < 1.29 is 12.8 Å². The number of likely N-dealkylation sites (tertiary alicyclic amines) is 1. The molecule has 2 atom stereocenters. The number of sulfone groups is 1. The number of pyridine rings is 1. The second-order valence-corrected chi connectivity index (χ2v) is 9.63. The van der Waals surface area contributed by atoms with Crippen LogP contribution in [0.25, 0.3) is 11.1 Å². The van der Waals surface area contributed by atoms with Gasteiger partial charge < -0.3 is 0 Å². The molecule has 2 aliphatic rings. The first-order chi connectivity index (χ1) is 13.5. The van der Waals surface area contributed by atoms with Crippen molar-refractivity contribution in [2.24, 2.45) is 0 Å². The molecular formula is C22H19FN2O2S. The van der Waals surface area contributed by atoms with Crippen molar-refractivity contribution in [3.63, 3.8) is 0 Å². The molecule has 0 amide bonds. The summed E-state index contributed by atoms with van der Waals surface area (Å²) in [5, 5.41) is -0.396. The minimum absolute atomic E-state index is 0.0257. The van der Waals surface area contributed by atoms with Gasteiger partial charge >= 0.3 is 0 Å². The van der Waals surface area contributed by atoms with Crippen LogP contribution in [0.1, 0.15) is 17.0 Å². The van der Waals surface area contributed by atoms with Crippen LogP contribution in [0.2, 0.25) is 0 Å². The molecule has 3 heterocycles. The predicted molar refractivity (Wildman–Crippen MR) is 105 cm³/mol. The third-order valence-corrected chi connectivity index (χ3v) is 8.05. The van der Waals surface area contributed by atoms with E-state index in [1.54, 1.807) is 30.6 Å². The monoisotopic (exact) mass is 394 g/mol. The molecule has 0 aliphatic carbocycles. The Kier molecular flexibility index (Phi) is 4.07. The molecule has 1 saturated heterocycles. The lowest BCUT2D eigenvalue weighted by Gasteiger charge is -2.17. The summed E-state index contributed by atoms with van der Waals surface area (Å²) < 4.78 is 39.4. The SMILES string of the molecule is O=S1(=O)c2ccc(-c3ccc(F)cc3)cc2[C@@H]2CN(Cc3ccncc3)C[C@H]21. The van der Waals surface area contributed by atoms with Gasteiger partial charge in [-0.05, 0) is 58.7 Å². The summed E-state index contributed by atoms with van der Waals surface area (Å²) in [5.41, 5.74) is 3.83. The predicted octanol–water partition coefficient (Wildman–Crippen LogP) is 3.64. The van der Waals surface area contributed by atoms with E-state index in [1.807, 2.05) is 24.3 Å². The van der Waals surface area contributed by atoms with Crippen molar-refractivity contribution in [1.29, 1.82) is 0 Å². The Labute approximate surface area is 163 Å². The highest BCUT2D eigenvalue weighted by atomic mass is 32.2. The Hall–Kier alpha value is -2.57. The summed E-state index contributed by atoms with van der Waals surface area (Å²) in [5.74, 6) is -0.308. The number of halogens is 1. The molecule has 2 aliphatic heterocycles. The van der Waals surface area contributed by atoms with Gasteiger partial charge in [0.2, 0.25) is 0 Å². The third kappa shape index (κ3) is 2.84. The third-order valence-electron chi connectivity index (χ3n) is 5.79. The van der Waals surface area contributed by atoms with Gasteiger partial charge in [0.1, 0.15) is 5.82 Å². The molecule has 142 valence electrons. The summed E-state index contributed by atoms with van der Waals surface area (Å²) in [4.78, 5) is 6.70. The van der Waals surface area contributed by atoms with Gasteiger partial charge in [-0.3, -0.25) is 9.88 Å². The lowest BCUT2D eigenvalue weighted by molar-refractivity contribution is 0.325. The van der Waals surface area contributed by atoms with Crippen LogP contribution in [0.4, 0.5) is 4.39 Å². The van der Waals surface area contributed by atoms with Gasteiger partial charge in [0, 0.05) is 37.9 Å². The summed E-state index contributed by atoms with van der Waals surface area (Å²) in [6.07, 6.45) is 3.51. The zero-order chi connectivity index (χ0) is 19.3. The molecule has 0 saturated carbocycles. The fourth-order valence-electron chi connectivity index (χ4n) is 4.42. The van der Waals surface area contributed by atoms with Crippen LogP contribution < -0.4 is 0 Å². The van der Waals surface area contributed by atoms with E-state index >= 15 is 0 Å². The molecule has 1 fully saturated rings. The number of hydrogen-bond donors (Lipinski definition) is 0. The van der Waals surface area contributed by atoms with Crippen molar-refractivity contribution in [2.75, 3.05) is 13.1 Å². The molecule has 3 aromatic rings. The van der Waals surface area contributed by atoms with Gasteiger partial charge in [0.25, 0.3) is 0 Å². The number of nitrogens with zero attached hydrogens (tertiary/aromatic N) is 2. The zero-order valence-corrected chi connectivity index (χ0v) is 15.9. The number of fused-ring (bicyclic) bond motifs is 3. The molecule has 0 spiro atoms. The van der Waals surface area contributed by atoms with Crippen molar-refractivity contribution in [1.82, 2.24) is 9.88 Å². The fourth-order valence-corrected chi connectivity index (χ4v) is 6.62. The maximum Gasteiger partial charge on any atom is 0.183 e. The molecular weight excluding hydrogens is 375 g/mol. The number of rotatable bonds is 3. The molecule has 2 aromatic carbocycles. The summed E-state index contributed by atoms with van der Waals surface area (Å²) in [6.45, 7) is 1.97. The Morgan fingerprint density at radius 1 is 0.964 bits per heavy atom. The van der Waals surface area contributed by atoms with E-state index in [0.717, 1.165) is 28.8 Å². The van der Waals surface area contributed by atoms with E-state index in [2.05, 4.69) is 9.88 Å².